The average Bonchev–Trinajstić information content (AvgIpc) is 2.59. The van der Waals surface area contributed by atoms with Crippen LogP contribution in [0.3, 0.4) is 0 Å². The number of guanidine groups is 1. The molecular formula is C19H30N4O2. The SMILES string of the molecule is CC(C)CCNC(=NCC(=O)N(C)C)NC1CCOc2ccccc21. The molecule has 1 heterocycles. The van der Waals surface area contributed by atoms with E-state index < -0.39 is 0 Å². The van der Waals surface area contributed by atoms with Crippen LogP contribution in [0.15, 0.2) is 29.3 Å². The third-order valence-corrected chi connectivity index (χ3v) is 4.15. The highest BCUT2D eigenvalue weighted by Crippen LogP contribution is 2.31. The number of ether oxygens (including phenoxy) is 1. The molecule has 0 aromatic heterocycles. The van der Waals surface area contributed by atoms with Crippen LogP contribution in [0.5, 0.6) is 5.75 Å². The van der Waals surface area contributed by atoms with Gasteiger partial charge in [0.15, 0.2) is 5.96 Å². The zero-order valence-corrected chi connectivity index (χ0v) is 15.7. The summed E-state index contributed by atoms with van der Waals surface area (Å²) in [4.78, 5) is 17.9. The largest absolute Gasteiger partial charge is 0.493 e. The van der Waals surface area contributed by atoms with Crippen molar-refractivity contribution in [3.63, 3.8) is 0 Å². The van der Waals surface area contributed by atoms with Gasteiger partial charge in [0.1, 0.15) is 12.3 Å². The van der Waals surface area contributed by atoms with Gasteiger partial charge in [-0.1, -0.05) is 32.0 Å². The number of nitrogens with zero attached hydrogens (tertiary/aromatic N) is 2. The summed E-state index contributed by atoms with van der Waals surface area (Å²) in [6.45, 7) is 6.01. The number of hydrogen-bond donors (Lipinski definition) is 2. The molecule has 1 aromatic rings. The monoisotopic (exact) mass is 346 g/mol. The Morgan fingerprint density at radius 2 is 2.12 bits per heavy atom. The van der Waals surface area contributed by atoms with E-state index in [9.17, 15) is 4.79 Å². The molecule has 0 spiro atoms. The van der Waals surface area contributed by atoms with Gasteiger partial charge < -0.3 is 20.3 Å². The summed E-state index contributed by atoms with van der Waals surface area (Å²) in [6.07, 6.45) is 1.91. The van der Waals surface area contributed by atoms with E-state index in [1.165, 1.54) is 0 Å². The lowest BCUT2D eigenvalue weighted by atomic mass is 10.0. The maximum atomic E-state index is 11.9. The molecule has 0 saturated carbocycles. The number of para-hydroxylation sites is 1. The molecule has 0 radical (unpaired) electrons. The first-order chi connectivity index (χ1) is 12.0. The maximum absolute atomic E-state index is 11.9. The molecule has 0 bridgehead atoms. The van der Waals surface area contributed by atoms with Crippen LogP contribution in [-0.4, -0.2) is 50.6 Å². The van der Waals surface area contributed by atoms with E-state index in [1.54, 1.807) is 19.0 Å². The summed E-state index contributed by atoms with van der Waals surface area (Å²) in [5.74, 6) is 2.19. The van der Waals surface area contributed by atoms with Crippen molar-refractivity contribution in [2.24, 2.45) is 10.9 Å². The van der Waals surface area contributed by atoms with Crippen molar-refractivity contribution in [2.75, 3.05) is 33.8 Å². The Balaban J connectivity index is 2.07. The molecule has 6 heteroatoms. The number of carbonyl (C=O) groups excluding carboxylic acids is 1. The Kier molecular flexibility index (Phi) is 7.10. The highest BCUT2D eigenvalue weighted by Gasteiger charge is 2.22. The van der Waals surface area contributed by atoms with Gasteiger partial charge >= 0.3 is 0 Å². The quantitative estimate of drug-likeness (QED) is 0.612. The van der Waals surface area contributed by atoms with Gasteiger partial charge in [-0.25, -0.2) is 4.99 Å². The van der Waals surface area contributed by atoms with Gasteiger partial charge in [0.25, 0.3) is 0 Å². The summed E-state index contributed by atoms with van der Waals surface area (Å²) in [6, 6.07) is 8.18. The summed E-state index contributed by atoms with van der Waals surface area (Å²) in [5, 5.41) is 6.82. The number of aliphatic imine (C=N–C) groups is 1. The highest BCUT2D eigenvalue weighted by atomic mass is 16.5. The number of rotatable bonds is 6. The van der Waals surface area contributed by atoms with Crippen molar-refractivity contribution in [3.8, 4) is 5.75 Å². The van der Waals surface area contributed by atoms with Crippen molar-refractivity contribution in [1.29, 1.82) is 0 Å². The average molecular weight is 346 g/mol. The Labute approximate surface area is 150 Å². The molecule has 1 aliphatic heterocycles. The molecule has 2 N–H and O–H groups in total. The minimum Gasteiger partial charge on any atom is -0.493 e. The van der Waals surface area contributed by atoms with Crippen LogP contribution in [-0.2, 0) is 4.79 Å². The molecule has 6 nitrogen and oxygen atoms in total. The molecule has 1 atom stereocenters. The summed E-state index contributed by atoms with van der Waals surface area (Å²) in [7, 11) is 3.48. The Morgan fingerprint density at radius 3 is 2.84 bits per heavy atom. The number of benzene rings is 1. The molecule has 1 aliphatic rings. The lowest BCUT2D eigenvalue weighted by molar-refractivity contribution is -0.127. The number of likely N-dealkylation sites (N-methyl/N-ethyl adjacent to an activating group) is 1. The highest BCUT2D eigenvalue weighted by molar-refractivity contribution is 5.85. The van der Waals surface area contributed by atoms with E-state index in [0.29, 0.717) is 18.5 Å². The van der Waals surface area contributed by atoms with E-state index in [4.69, 9.17) is 4.74 Å². The van der Waals surface area contributed by atoms with Crippen LogP contribution < -0.4 is 15.4 Å². The third kappa shape index (κ3) is 5.96. The van der Waals surface area contributed by atoms with Crippen LogP contribution in [0.2, 0.25) is 0 Å². The predicted molar refractivity (Wildman–Crippen MR) is 101 cm³/mol. The molecular weight excluding hydrogens is 316 g/mol. The van der Waals surface area contributed by atoms with Gasteiger partial charge in [-0.15, -0.1) is 0 Å². The maximum Gasteiger partial charge on any atom is 0.243 e. The fourth-order valence-corrected chi connectivity index (χ4v) is 2.58. The molecule has 138 valence electrons. The van der Waals surface area contributed by atoms with Gasteiger partial charge in [-0.05, 0) is 18.4 Å². The second-order valence-electron chi connectivity index (χ2n) is 6.93. The van der Waals surface area contributed by atoms with Crippen LogP contribution in [0.25, 0.3) is 0 Å². The lowest BCUT2D eigenvalue weighted by Crippen LogP contribution is -2.42. The molecule has 1 amide bonds. The normalized spacial score (nSPS) is 16.8. The van der Waals surface area contributed by atoms with Crippen LogP contribution in [0.1, 0.15) is 38.3 Å². The Morgan fingerprint density at radius 1 is 1.36 bits per heavy atom. The molecule has 0 fully saturated rings. The minimum atomic E-state index is -0.0164. The van der Waals surface area contributed by atoms with E-state index >= 15 is 0 Å². The molecule has 2 rings (SSSR count). The number of amides is 1. The van der Waals surface area contributed by atoms with Gasteiger partial charge in [0.2, 0.25) is 5.91 Å². The second kappa shape index (κ2) is 9.30. The number of fused-ring (bicyclic) bond motifs is 1. The molecule has 1 unspecified atom stereocenters. The van der Waals surface area contributed by atoms with Crippen molar-refractivity contribution < 1.29 is 9.53 Å². The van der Waals surface area contributed by atoms with E-state index in [2.05, 4.69) is 35.5 Å². The minimum absolute atomic E-state index is 0.0164. The third-order valence-electron chi connectivity index (χ3n) is 4.15. The number of hydrogen-bond acceptors (Lipinski definition) is 3. The van der Waals surface area contributed by atoms with Crippen LogP contribution in [0.4, 0.5) is 0 Å². The fraction of sp³-hybridized carbons (Fsp3) is 0.579. The first-order valence-electron chi connectivity index (χ1n) is 8.94. The van der Waals surface area contributed by atoms with Crippen molar-refractivity contribution in [3.05, 3.63) is 29.8 Å². The zero-order valence-electron chi connectivity index (χ0n) is 15.7. The summed E-state index contributed by atoms with van der Waals surface area (Å²) in [5.41, 5.74) is 1.13. The lowest BCUT2D eigenvalue weighted by Gasteiger charge is -2.28. The topological polar surface area (TPSA) is 66.0 Å². The van der Waals surface area contributed by atoms with Gasteiger partial charge in [0.05, 0.1) is 12.6 Å². The smallest absolute Gasteiger partial charge is 0.243 e. The standard InChI is InChI=1S/C19H30N4O2/c1-14(2)9-11-20-19(21-13-18(24)23(3)4)22-16-10-12-25-17-8-6-5-7-15(16)17/h5-8,14,16H,9-13H2,1-4H3,(H2,20,21,22). The van der Waals surface area contributed by atoms with Crippen LogP contribution >= 0.6 is 0 Å². The van der Waals surface area contributed by atoms with Gasteiger partial charge in [-0.2, -0.15) is 0 Å². The predicted octanol–water partition coefficient (Wildman–Crippen LogP) is 2.18. The fourth-order valence-electron chi connectivity index (χ4n) is 2.58. The summed E-state index contributed by atoms with van der Waals surface area (Å²) < 4.78 is 5.72. The van der Waals surface area contributed by atoms with E-state index in [1.807, 2.05) is 18.2 Å². The van der Waals surface area contributed by atoms with E-state index in [0.717, 1.165) is 30.7 Å². The van der Waals surface area contributed by atoms with Crippen molar-refractivity contribution >= 4 is 11.9 Å². The first kappa shape index (κ1) is 19.1. The number of carbonyl (C=O) groups is 1. The molecule has 0 aliphatic carbocycles. The van der Waals surface area contributed by atoms with Gasteiger partial charge in [0, 0.05) is 32.6 Å². The molecule has 0 saturated heterocycles. The zero-order chi connectivity index (χ0) is 18.2. The summed E-state index contributed by atoms with van der Waals surface area (Å²) >= 11 is 0. The van der Waals surface area contributed by atoms with Crippen molar-refractivity contribution in [2.45, 2.75) is 32.7 Å². The van der Waals surface area contributed by atoms with Gasteiger partial charge in [-0.3, -0.25) is 4.79 Å². The Bertz CT molecular complexity index is 599. The number of nitrogens with one attached hydrogen (secondary N) is 2. The molecule has 25 heavy (non-hydrogen) atoms. The van der Waals surface area contributed by atoms with Crippen molar-refractivity contribution in [1.82, 2.24) is 15.5 Å². The Hall–Kier alpha value is -2.24. The van der Waals surface area contributed by atoms with Crippen LogP contribution in [0, 0.1) is 5.92 Å². The second-order valence-corrected chi connectivity index (χ2v) is 6.93. The van der Waals surface area contributed by atoms with E-state index in [-0.39, 0.29) is 18.5 Å². The first-order valence-corrected chi connectivity index (χ1v) is 8.94. The molecule has 1 aromatic carbocycles.